The van der Waals surface area contributed by atoms with E-state index in [4.69, 9.17) is 0 Å². The topological polar surface area (TPSA) is 12.0 Å². The molecule has 2 heteroatoms. The van der Waals surface area contributed by atoms with Gasteiger partial charge in [-0.05, 0) is 42.2 Å². The first-order valence-electron chi connectivity index (χ1n) is 5.15. The van der Waals surface area contributed by atoms with E-state index >= 15 is 0 Å². The van der Waals surface area contributed by atoms with Crippen molar-refractivity contribution < 1.29 is 0 Å². The lowest BCUT2D eigenvalue weighted by molar-refractivity contribution is 0.0918. The Hall–Kier alpha value is -0.340. The van der Waals surface area contributed by atoms with Gasteiger partial charge in [0.05, 0.1) is 5.54 Å². The Bertz CT molecular complexity index is 331. The molecular weight excluding hydrogens is 178 g/mol. The molecule has 3 rings (SSSR count). The average Bonchev–Trinajstić information content (AvgIpc) is 2.62. The number of fused-ring (bicyclic) bond motifs is 2. The minimum absolute atomic E-state index is 0.391. The van der Waals surface area contributed by atoms with Gasteiger partial charge in [0.1, 0.15) is 0 Å². The van der Waals surface area contributed by atoms with Crippen LogP contribution in [0.25, 0.3) is 0 Å². The Morgan fingerprint density at radius 3 is 3.23 bits per heavy atom. The van der Waals surface area contributed by atoms with Crippen molar-refractivity contribution in [2.45, 2.75) is 31.7 Å². The fourth-order valence-electron chi connectivity index (χ4n) is 2.75. The molecule has 13 heavy (non-hydrogen) atoms. The van der Waals surface area contributed by atoms with Crippen LogP contribution in [0.15, 0.2) is 11.4 Å². The molecule has 1 fully saturated rings. The maximum atomic E-state index is 3.73. The van der Waals surface area contributed by atoms with Gasteiger partial charge in [-0.1, -0.05) is 6.92 Å². The largest absolute Gasteiger partial charge is 0.306 e. The van der Waals surface area contributed by atoms with Crippen molar-refractivity contribution in [3.8, 4) is 0 Å². The molecule has 0 bridgehead atoms. The fourth-order valence-corrected chi connectivity index (χ4v) is 4.02. The van der Waals surface area contributed by atoms with Crippen LogP contribution in [0.5, 0.6) is 0 Å². The van der Waals surface area contributed by atoms with Crippen LogP contribution in [0.4, 0.5) is 0 Å². The summed E-state index contributed by atoms with van der Waals surface area (Å²) in [5.41, 5.74) is 2.00. The zero-order valence-corrected chi connectivity index (χ0v) is 8.79. The Balaban J connectivity index is 2.09. The van der Waals surface area contributed by atoms with Gasteiger partial charge in [-0.15, -0.1) is 11.3 Å². The summed E-state index contributed by atoms with van der Waals surface area (Å²) in [6.07, 6.45) is 3.97. The molecule has 70 valence electrons. The van der Waals surface area contributed by atoms with E-state index in [1.54, 1.807) is 10.4 Å². The second-order valence-corrected chi connectivity index (χ2v) is 5.28. The summed E-state index contributed by atoms with van der Waals surface area (Å²) in [7, 11) is 0. The quantitative estimate of drug-likeness (QED) is 0.667. The van der Waals surface area contributed by atoms with Crippen molar-refractivity contribution >= 4 is 11.3 Å². The monoisotopic (exact) mass is 193 g/mol. The summed E-state index contributed by atoms with van der Waals surface area (Å²) in [6.45, 7) is 3.55. The van der Waals surface area contributed by atoms with Crippen molar-refractivity contribution in [2.24, 2.45) is 5.92 Å². The minimum atomic E-state index is 0.391. The SMILES string of the molecule is CC1CCC12NCCc1ccsc12. The zero-order chi connectivity index (χ0) is 8.89. The molecule has 1 spiro atoms. The molecule has 1 nitrogen and oxygen atoms in total. The Morgan fingerprint density at radius 1 is 1.62 bits per heavy atom. The van der Waals surface area contributed by atoms with Crippen molar-refractivity contribution in [3.05, 3.63) is 21.9 Å². The maximum Gasteiger partial charge on any atom is 0.0557 e. The van der Waals surface area contributed by atoms with E-state index in [2.05, 4.69) is 23.7 Å². The highest BCUT2D eigenvalue weighted by Crippen LogP contribution is 2.50. The molecule has 2 unspecified atom stereocenters. The van der Waals surface area contributed by atoms with Gasteiger partial charge in [0, 0.05) is 11.4 Å². The Labute approximate surface area is 83.2 Å². The first-order chi connectivity index (χ1) is 6.33. The highest BCUT2D eigenvalue weighted by molar-refractivity contribution is 7.10. The normalized spacial score (nSPS) is 37.2. The van der Waals surface area contributed by atoms with Gasteiger partial charge in [0.15, 0.2) is 0 Å². The molecule has 0 aromatic carbocycles. The van der Waals surface area contributed by atoms with Crippen molar-refractivity contribution in [1.82, 2.24) is 5.32 Å². The predicted molar refractivity (Wildman–Crippen MR) is 56.1 cm³/mol. The van der Waals surface area contributed by atoms with Crippen LogP contribution >= 0.6 is 11.3 Å². The van der Waals surface area contributed by atoms with E-state index in [0.29, 0.717) is 5.54 Å². The molecule has 0 amide bonds. The summed E-state index contributed by atoms with van der Waals surface area (Å²) in [6, 6.07) is 2.31. The smallest absolute Gasteiger partial charge is 0.0557 e. The molecule has 1 aliphatic carbocycles. The third-order valence-electron chi connectivity index (χ3n) is 3.80. The van der Waals surface area contributed by atoms with E-state index in [0.717, 1.165) is 5.92 Å². The molecule has 0 saturated heterocycles. The lowest BCUT2D eigenvalue weighted by atomic mass is 9.64. The van der Waals surface area contributed by atoms with Crippen LogP contribution in [0.2, 0.25) is 0 Å². The molecule has 1 N–H and O–H groups in total. The highest BCUT2D eigenvalue weighted by atomic mass is 32.1. The number of rotatable bonds is 0. The number of hydrogen-bond acceptors (Lipinski definition) is 2. The highest BCUT2D eigenvalue weighted by Gasteiger charge is 2.48. The molecule has 1 aromatic rings. The Kier molecular flexibility index (Phi) is 1.59. The van der Waals surface area contributed by atoms with E-state index in [1.807, 2.05) is 11.3 Å². The third kappa shape index (κ3) is 0.906. The van der Waals surface area contributed by atoms with Gasteiger partial charge >= 0.3 is 0 Å². The molecule has 2 aliphatic rings. The number of nitrogens with one attached hydrogen (secondary N) is 1. The second kappa shape index (κ2) is 2.58. The molecule has 1 saturated carbocycles. The van der Waals surface area contributed by atoms with Crippen LogP contribution in [0.3, 0.4) is 0 Å². The van der Waals surface area contributed by atoms with Crippen molar-refractivity contribution in [3.63, 3.8) is 0 Å². The standard InChI is InChI=1S/C11H15NS/c1-8-2-5-11(8)10-9(3-6-12-11)4-7-13-10/h4,7-8,12H,2-3,5-6H2,1H3. The summed E-state index contributed by atoms with van der Waals surface area (Å²) in [5, 5.41) is 5.99. The molecular formula is C11H15NS. The van der Waals surface area contributed by atoms with Crippen molar-refractivity contribution in [1.29, 1.82) is 0 Å². The number of hydrogen-bond donors (Lipinski definition) is 1. The molecule has 2 atom stereocenters. The van der Waals surface area contributed by atoms with Gasteiger partial charge in [0.2, 0.25) is 0 Å². The Morgan fingerprint density at radius 2 is 2.54 bits per heavy atom. The molecule has 1 aromatic heterocycles. The first-order valence-corrected chi connectivity index (χ1v) is 6.03. The van der Waals surface area contributed by atoms with Crippen molar-refractivity contribution in [2.75, 3.05) is 6.54 Å². The van der Waals surface area contributed by atoms with Gasteiger partial charge < -0.3 is 5.32 Å². The first kappa shape index (κ1) is 8.01. The summed E-state index contributed by atoms with van der Waals surface area (Å²) < 4.78 is 0. The van der Waals surface area contributed by atoms with Crippen LogP contribution in [0, 0.1) is 5.92 Å². The average molecular weight is 193 g/mol. The van der Waals surface area contributed by atoms with Crippen LogP contribution in [-0.2, 0) is 12.0 Å². The second-order valence-electron chi connectivity index (χ2n) is 4.36. The summed E-state index contributed by atoms with van der Waals surface area (Å²) in [4.78, 5) is 1.64. The molecule has 0 radical (unpaired) electrons. The third-order valence-corrected chi connectivity index (χ3v) is 4.93. The summed E-state index contributed by atoms with van der Waals surface area (Å²) in [5.74, 6) is 0.838. The van der Waals surface area contributed by atoms with Gasteiger partial charge in [-0.3, -0.25) is 0 Å². The van der Waals surface area contributed by atoms with Crippen LogP contribution in [0.1, 0.15) is 30.2 Å². The van der Waals surface area contributed by atoms with E-state index in [-0.39, 0.29) is 0 Å². The van der Waals surface area contributed by atoms with Crippen LogP contribution < -0.4 is 5.32 Å². The minimum Gasteiger partial charge on any atom is -0.306 e. The summed E-state index contributed by atoms with van der Waals surface area (Å²) >= 11 is 1.95. The molecule has 2 heterocycles. The van der Waals surface area contributed by atoms with E-state index in [1.165, 1.54) is 25.8 Å². The fraction of sp³-hybridized carbons (Fsp3) is 0.636. The predicted octanol–water partition coefficient (Wildman–Crippen LogP) is 2.52. The number of thiophene rings is 1. The van der Waals surface area contributed by atoms with Gasteiger partial charge in [-0.25, -0.2) is 0 Å². The van der Waals surface area contributed by atoms with Gasteiger partial charge in [0.25, 0.3) is 0 Å². The maximum absolute atomic E-state index is 3.73. The van der Waals surface area contributed by atoms with Gasteiger partial charge in [-0.2, -0.15) is 0 Å². The van der Waals surface area contributed by atoms with E-state index < -0.39 is 0 Å². The molecule has 1 aliphatic heterocycles. The zero-order valence-electron chi connectivity index (χ0n) is 7.97. The lowest BCUT2D eigenvalue weighted by Crippen LogP contribution is -2.56. The van der Waals surface area contributed by atoms with E-state index in [9.17, 15) is 0 Å². The van der Waals surface area contributed by atoms with Crippen LogP contribution in [-0.4, -0.2) is 6.54 Å². The lowest BCUT2D eigenvalue weighted by Gasteiger charge is -2.51.